The number of carbonyl (C=O) groups excluding carboxylic acids is 1. The van der Waals surface area contributed by atoms with Gasteiger partial charge in [-0.25, -0.2) is 0 Å². The molecule has 130 valence electrons. The van der Waals surface area contributed by atoms with Gasteiger partial charge < -0.3 is 14.6 Å². The van der Waals surface area contributed by atoms with Crippen LogP contribution in [0.25, 0.3) is 0 Å². The summed E-state index contributed by atoms with van der Waals surface area (Å²) in [6.07, 6.45) is 1.82. The predicted octanol–water partition coefficient (Wildman–Crippen LogP) is 2.66. The Morgan fingerprint density at radius 1 is 1.32 bits per heavy atom. The fraction of sp³-hybridized carbons (Fsp3) is 0.235. The topological polar surface area (TPSA) is 76.1 Å². The molecule has 0 aliphatic carbocycles. The number of carboxylic acids is 1. The van der Waals surface area contributed by atoms with Crippen LogP contribution in [0.1, 0.15) is 12.0 Å². The van der Waals surface area contributed by atoms with Crippen molar-refractivity contribution >= 4 is 40.2 Å². The van der Waals surface area contributed by atoms with E-state index in [9.17, 15) is 9.59 Å². The van der Waals surface area contributed by atoms with Crippen molar-refractivity contribution in [3.8, 4) is 0 Å². The van der Waals surface area contributed by atoms with Gasteiger partial charge in [-0.15, -0.1) is 0 Å². The van der Waals surface area contributed by atoms with Crippen LogP contribution >= 0.6 is 24.0 Å². The van der Waals surface area contributed by atoms with E-state index in [0.717, 1.165) is 5.56 Å². The van der Waals surface area contributed by atoms with Crippen molar-refractivity contribution in [3.63, 3.8) is 0 Å². The van der Waals surface area contributed by atoms with Crippen molar-refractivity contribution in [2.24, 2.45) is 0 Å². The first-order chi connectivity index (χ1) is 12.1. The van der Waals surface area contributed by atoms with E-state index in [1.807, 2.05) is 30.3 Å². The van der Waals surface area contributed by atoms with E-state index in [-0.39, 0.29) is 25.7 Å². The molecule has 1 N–H and O–H groups in total. The van der Waals surface area contributed by atoms with Crippen LogP contribution in [0.2, 0.25) is 0 Å². The number of rotatable bonds is 6. The molecule has 1 aromatic carbocycles. The molecule has 2 aliphatic rings. The molecule has 3 rings (SSSR count). The molecule has 8 heteroatoms. The van der Waals surface area contributed by atoms with Crippen molar-refractivity contribution in [1.82, 2.24) is 4.90 Å². The van der Waals surface area contributed by atoms with Crippen LogP contribution in [0.4, 0.5) is 0 Å². The monoisotopic (exact) mass is 377 g/mol. The van der Waals surface area contributed by atoms with Crippen molar-refractivity contribution in [2.75, 3.05) is 13.3 Å². The van der Waals surface area contributed by atoms with Gasteiger partial charge in [-0.1, -0.05) is 54.3 Å². The Labute approximate surface area is 154 Å². The van der Waals surface area contributed by atoms with Gasteiger partial charge in [0.2, 0.25) is 6.79 Å². The zero-order valence-corrected chi connectivity index (χ0v) is 14.8. The summed E-state index contributed by atoms with van der Waals surface area (Å²) in [7, 11) is 0. The fourth-order valence-corrected chi connectivity index (χ4v) is 3.84. The van der Waals surface area contributed by atoms with Gasteiger partial charge in [0.25, 0.3) is 5.91 Å². The highest BCUT2D eigenvalue weighted by Crippen LogP contribution is 2.38. The number of amides is 1. The number of ether oxygens (including phenoxy) is 2. The van der Waals surface area contributed by atoms with Gasteiger partial charge >= 0.3 is 5.97 Å². The molecule has 1 amide bonds. The average Bonchev–Trinajstić information content (AvgIpc) is 3.21. The number of carboxylic acid groups (broad SMARTS) is 1. The second-order valence-corrected chi connectivity index (χ2v) is 6.99. The lowest BCUT2D eigenvalue weighted by molar-refractivity contribution is -0.137. The summed E-state index contributed by atoms with van der Waals surface area (Å²) >= 11 is 6.42. The molecule has 0 radical (unpaired) electrons. The van der Waals surface area contributed by atoms with Crippen LogP contribution in [0.15, 0.2) is 52.8 Å². The Hall–Kier alpha value is -2.32. The highest BCUT2D eigenvalue weighted by atomic mass is 32.2. The minimum Gasteiger partial charge on any atom is -0.481 e. The molecule has 0 spiro atoms. The van der Waals surface area contributed by atoms with E-state index in [4.69, 9.17) is 26.8 Å². The lowest BCUT2D eigenvalue weighted by atomic mass is 10.0. The molecule has 6 nitrogen and oxygen atoms in total. The van der Waals surface area contributed by atoms with Crippen LogP contribution in [-0.4, -0.2) is 39.5 Å². The Morgan fingerprint density at radius 3 is 2.72 bits per heavy atom. The summed E-state index contributed by atoms with van der Waals surface area (Å²) < 4.78 is 11.0. The van der Waals surface area contributed by atoms with E-state index in [1.54, 1.807) is 0 Å². The first-order valence-corrected chi connectivity index (χ1v) is 8.76. The Kier molecular flexibility index (Phi) is 5.40. The van der Waals surface area contributed by atoms with E-state index in [1.165, 1.54) is 22.9 Å². The Morgan fingerprint density at radius 2 is 2.08 bits per heavy atom. The number of carbonyl (C=O) groups is 2. The second-order valence-electron chi connectivity index (χ2n) is 5.35. The third kappa shape index (κ3) is 4.02. The van der Waals surface area contributed by atoms with Gasteiger partial charge in [0.05, 0.1) is 11.3 Å². The van der Waals surface area contributed by atoms with Crippen LogP contribution in [0.5, 0.6) is 0 Å². The number of aliphatic carboxylic acids is 1. The molecule has 1 saturated heterocycles. The Balaban J connectivity index is 1.92. The minimum absolute atomic E-state index is 0.0541. The molecular weight excluding hydrogens is 362 g/mol. The van der Waals surface area contributed by atoms with E-state index in [0.29, 0.717) is 27.0 Å². The summed E-state index contributed by atoms with van der Waals surface area (Å²) in [6.45, 7) is 0.158. The van der Waals surface area contributed by atoms with E-state index in [2.05, 4.69) is 0 Å². The molecule has 25 heavy (non-hydrogen) atoms. The van der Waals surface area contributed by atoms with Crippen molar-refractivity contribution in [2.45, 2.75) is 12.8 Å². The number of nitrogens with zero attached hydrogens (tertiary/aromatic N) is 1. The van der Waals surface area contributed by atoms with E-state index < -0.39 is 5.97 Å². The summed E-state index contributed by atoms with van der Waals surface area (Å²) in [5.41, 5.74) is 1.71. The quantitative estimate of drug-likeness (QED) is 0.603. The molecule has 0 saturated carbocycles. The Bertz CT molecular complexity index is 773. The third-order valence-corrected chi connectivity index (χ3v) is 5.16. The molecule has 0 bridgehead atoms. The van der Waals surface area contributed by atoms with Gasteiger partial charge in [0.15, 0.2) is 5.76 Å². The van der Waals surface area contributed by atoms with Crippen molar-refractivity contribution in [1.29, 1.82) is 0 Å². The lowest BCUT2D eigenvalue weighted by Gasteiger charge is -2.13. The lowest BCUT2D eigenvalue weighted by Crippen LogP contribution is -2.30. The second kappa shape index (κ2) is 7.71. The SMILES string of the molecule is O=C(O)CCN1C(=O)C(=C(Cc2ccccc2)C2=COCO2)SC1=S. The highest BCUT2D eigenvalue weighted by molar-refractivity contribution is 8.26. The molecule has 0 unspecified atom stereocenters. The van der Waals surface area contributed by atoms with Crippen LogP contribution < -0.4 is 0 Å². The minimum atomic E-state index is -0.974. The maximum Gasteiger partial charge on any atom is 0.305 e. The fourth-order valence-electron chi connectivity index (χ4n) is 2.46. The molecule has 2 aliphatic heterocycles. The molecule has 2 heterocycles. The zero-order valence-electron chi connectivity index (χ0n) is 13.1. The predicted molar refractivity (Wildman–Crippen MR) is 96.4 cm³/mol. The van der Waals surface area contributed by atoms with Crippen LogP contribution in [0, 0.1) is 0 Å². The van der Waals surface area contributed by atoms with Crippen LogP contribution in [0.3, 0.4) is 0 Å². The number of hydrogen-bond acceptors (Lipinski definition) is 6. The first-order valence-electron chi connectivity index (χ1n) is 7.53. The molecular formula is C17H15NO5S2. The summed E-state index contributed by atoms with van der Waals surface area (Å²) in [4.78, 5) is 25.3. The van der Waals surface area contributed by atoms with Crippen molar-refractivity contribution < 1.29 is 24.2 Å². The zero-order chi connectivity index (χ0) is 17.8. The van der Waals surface area contributed by atoms with Gasteiger partial charge in [-0.3, -0.25) is 14.5 Å². The standard InChI is InChI=1S/C17H15NO5S2/c19-14(20)6-7-18-16(21)15(25-17(18)24)12(13-9-22-10-23-13)8-11-4-2-1-3-5-11/h1-5,9H,6-8,10H2,(H,19,20). The highest BCUT2D eigenvalue weighted by Gasteiger charge is 2.36. The molecule has 1 aromatic rings. The van der Waals surface area contributed by atoms with Gasteiger partial charge in [0.1, 0.15) is 10.6 Å². The molecule has 0 atom stereocenters. The number of benzene rings is 1. The summed E-state index contributed by atoms with van der Waals surface area (Å²) in [5.74, 6) is -0.765. The largest absolute Gasteiger partial charge is 0.481 e. The molecule has 1 fully saturated rings. The summed E-state index contributed by atoms with van der Waals surface area (Å²) in [5, 5.41) is 8.84. The van der Waals surface area contributed by atoms with Crippen molar-refractivity contribution in [3.05, 3.63) is 58.4 Å². The van der Waals surface area contributed by atoms with Gasteiger partial charge in [-0.05, 0) is 5.56 Å². The number of allylic oxidation sites excluding steroid dienone is 1. The first kappa shape index (κ1) is 17.5. The van der Waals surface area contributed by atoms with Crippen LogP contribution in [-0.2, 0) is 25.5 Å². The maximum absolute atomic E-state index is 12.8. The van der Waals surface area contributed by atoms with E-state index >= 15 is 0 Å². The summed E-state index contributed by atoms with van der Waals surface area (Å²) in [6, 6.07) is 9.68. The van der Waals surface area contributed by atoms with Gasteiger partial charge in [0, 0.05) is 18.5 Å². The number of thiocarbonyl (C=S) groups is 1. The average molecular weight is 377 g/mol. The number of hydrogen-bond donors (Lipinski definition) is 1. The number of thioether (sulfide) groups is 1. The third-order valence-electron chi connectivity index (χ3n) is 3.67. The smallest absolute Gasteiger partial charge is 0.305 e. The maximum atomic E-state index is 12.8. The molecule has 0 aromatic heterocycles. The van der Waals surface area contributed by atoms with Gasteiger partial charge in [-0.2, -0.15) is 0 Å². The normalized spacial score (nSPS) is 18.7.